The van der Waals surface area contributed by atoms with Crippen LogP contribution in [-0.2, 0) is 23.7 Å². The Morgan fingerprint density at radius 2 is 1.97 bits per heavy atom. The van der Waals surface area contributed by atoms with Gasteiger partial charge < -0.3 is 4.79 Å². The molecule has 0 radical (unpaired) electrons. The summed E-state index contributed by atoms with van der Waals surface area (Å²) in [6, 6.07) is 8.63. The Morgan fingerprint density at radius 3 is 2.58 bits per heavy atom. The molecule has 0 saturated carbocycles. The van der Waals surface area contributed by atoms with Gasteiger partial charge in [-0.3, -0.25) is 9.25 Å². The molecule has 0 saturated heterocycles. The molecule has 3 atom stereocenters. The zero-order chi connectivity index (χ0) is 23.5. The van der Waals surface area contributed by atoms with E-state index in [1.165, 1.54) is 5.56 Å². The van der Waals surface area contributed by atoms with Crippen molar-refractivity contribution in [3.63, 3.8) is 0 Å². The third kappa shape index (κ3) is 3.18. The predicted molar refractivity (Wildman–Crippen MR) is 128 cm³/mol. The summed E-state index contributed by atoms with van der Waals surface area (Å²) in [5, 5.41) is 4.41. The quantitative estimate of drug-likeness (QED) is 0.525. The second-order valence-corrected chi connectivity index (χ2v) is 9.94. The normalized spacial score (nSPS) is 24.3. The molecule has 2 aliphatic rings. The third-order valence-electron chi connectivity index (χ3n) is 7.56. The first-order valence-electron chi connectivity index (χ1n) is 11.6. The van der Waals surface area contributed by atoms with Crippen molar-refractivity contribution >= 4 is 5.78 Å². The number of rotatable bonds is 3. The van der Waals surface area contributed by atoms with E-state index < -0.39 is 5.41 Å². The van der Waals surface area contributed by atoms with E-state index in [9.17, 15) is 4.79 Å². The number of carbonyl (C=O) groups is 1. The summed E-state index contributed by atoms with van der Waals surface area (Å²) in [5.74, 6) is 1.26. The number of nitrogens with zero attached hydrogens (tertiary/aromatic N) is 5. The number of hydrogen-bond donors (Lipinski definition) is 0. The third-order valence-corrected chi connectivity index (χ3v) is 7.56. The van der Waals surface area contributed by atoms with E-state index in [1.54, 1.807) is 4.68 Å². The van der Waals surface area contributed by atoms with Crippen LogP contribution in [-0.4, -0.2) is 25.1 Å². The Balaban J connectivity index is 1.76. The average Bonchev–Trinajstić information content (AvgIpc) is 3.40. The smallest absolute Gasteiger partial charge is 0.226 e. The highest BCUT2D eigenvalue weighted by Crippen LogP contribution is 2.51. The number of aromatic nitrogens is 4. The van der Waals surface area contributed by atoms with Gasteiger partial charge in [-0.05, 0) is 30.2 Å². The molecule has 6 heteroatoms. The monoisotopic (exact) mass is 439 g/mol. The van der Waals surface area contributed by atoms with Crippen LogP contribution in [0.3, 0.4) is 0 Å². The van der Waals surface area contributed by atoms with Crippen LogP contribution in [0.5, 0.6) is 0 Å². The Labute approximate surface area is 194 Å². The molecule has 1 aromatic carbocycles. The molecule has 0 spiro atoms. The predicted octanol–water partition coefficient (Wildman–Crippen LogP) is 5.24. The van der Waals surface area contributed by atoms with E-state index in [0.717, 1.165) is 41.3 Å². The molecule has 0 fully saturated rings. The fourth-order valence-corrected chi connectivity index (χ4v) is 5.70. The summed E-state index contributed by atoms with van der Waals surface area (Å²) in [5.41, 5.74) is 5.23. The molecule has 0 bridgehead atoms. The van der Waals surface area contributed by atoms with Crippen LogP contribution < -0.4 is 0 Å². The van der Waals surface area contributed by atoms with Gasteiger partial charge >= 0.3 is 0 Å². The van der Waals surface area contributed by atoms with Gasteiger partial charge in [0.25, 0.3) is 0 Å². The van der Waals surface area contributed by atoms with Crippen molar-refractivity contribution in [2.45, 2.75) is 51.9 Å². The van der Waals surface area contributed by atoms with Crippen molar-refractivity contribution in [1.82, 2.24) is 19.3 Å². The second-order valence-electron chi connectivity index (χ2n) is 9.94. The van der Waals surface area contributed by atoms with Gasteiger partial charge in [0.15, 0.2) is 5.78 Å². The first-order valence-corrected chi connectivity index (χ1v) is 11.6. The highest BCUT2D eigenvalue weighted by Gasteiger charge is 2.50. The zero-order valence-corrected chi connectivity index (χ0v) is 19.8. The number of benzene rings is 1. The van der Waals surface area contributed by atoms with Crippen LogP contribution in [0, 0.1) is 18.4 Å². The highest BCUT2D eigenvalue weighted by molar-refractivity contribution is 6.00. The maximum absolute atomic E-state index is 12.8. The van der Waals surface area contributed by atoms with E-state index in [1.807, 2.05) is 32.4 Å². The number of fused-ring (bicyclic) bond motifs is 3. The molecule has 168 valence electrons. The lowest BCUT2D eigenvalue weighted by Crippen LogP contribution is -2.45. The maximum Gasteiger partial charge on any atom is 0.226 e. The molecular formula is C27H29N5O. The molecule has 0 N–H and O–H groups in total. The van der Waals surface area contributed by atoms with E-state index in [-0.39, 0.29) is 23.3 Å². The number of carbonyl (C=O) groups excluding carboxylic acids is 1. The molecule has 0 aliphatic heterocycles. The topological polar surface area (TPSA) is 57.1 Å². The summed E-state index contributed by atoms with van der Waals surface area (Å²) in [7, 11) is 1.92. The van der Waals surface area contributed by atoms with Gasteiger partial charge in [-0.2, -0.15) is 5.10 Å². The number of imidazole rings is 1. The summed E-state index contributed by atoms with van der Waals surface area (Å²) in [6.07, 6.45) is 7.49. The van der Waals surface area contributed by atoms with E-state index in [4.69, 9.17) is 11.6 Å². The van der Waals surface area contributed by atoms with Gasteiger partial charge in [-0.25, -0.2) is 9.83 Å². The molecule has 33 heavy (non-hydrogen) atoms. The first kappa shape index (κ1) is 21.4. The number of Topliss-reactive ketones (excluding diaryl/α,β-unsaturated/α-hetero) is 1. The van der Waals surface area contributed by atoms with Crippen molar-refractivity contribution in [3.05, 3.63) is 76.8 Å². The van der Waals surface area contributed by atoms with E-state index in [0.29, 0.717) is 5.92 Å². The Hall–Kier alpha value is -3.46. The Kier molecular flexibility index (Phi) is 4.89. The molecule has 3 aromatic rings. The highest BCUT2D eigenvalue weighted by atomic mass is 16.1. The van der Waals surface area contributed by atoms with Gasteiger partial charge in [-0.15, -0.1) is 0 Å². The van der Waals surface area contributed by atoms with Crippen LogP contribution in [0.1, 0.15) is 57.0 Å². The Morgan fingerprint density at radius 1 is 1.24 bits per heavy atom. The minimum atomic E-state index is -0.457. The van der Waals surface area contributed by atoms with Gasteiger partial charge in [0.2, 0.25) is 5.70 Å². The number of ketones is 1. The van der Waals surface area contributed by atoms with Crippen LogP contribution >= 0.6 is 0 Å². The minimum Gasteiger partial charge on any atom is -0.308 e. The number of hydrogen-bond acceptors (Lipinski definition) is 3. The maximum atomic E-state index is 12.8. The second kappa shape index (κ2) is 7.55. The summed E-state index contributed by atoms with van der Waals surface area (Å²) < 4.78 is 4.03. The molecule has 2 aliphatic carbocycles. The Bertz CT molecular complexity index is 1320. The summed E-state index contributed by atoms with van der Waals surface area (Å²) in [4.78, 5) is 21.6. The van der Waals surface area contributed by atoms with Crippen molar-refractivity contribution in [1.29, 1.82) is 0 Å². The fraction of sp³-hybridized carbons (Fsp3) is 0.407. The number of allylic oxidation sites excluding steroid dienone is 2. The fourth-order valence-electron chi connectivity index (χ4n) is 5.70. The minimum absolute atomic E-state index is 0.0351. The van der Waals surface area contributed by atoms with E-state index >= 15 is 0 Å². The number of aryl methyl sites for hydroxylation is 1. The SMILES string of the molecule is [C-]#[N+]C1=C[C@@]2(C)c3nc(-c4ccc(C(C)C)cc4)n(-c4cnn(C)c4)c3CC[C@@H]2[C@@H](C)C1=O. The molecular weight excluding hydrogens is 410 g/mol. The molecule has 0 unspecified atom stereocenters. The lowest BCUT2D eigenvalue weighted by Gasteiger charge is -2.44. The lowest BCUT2D eigenvalue weighted by atomic mass is 9.59. The van der Waals surface area contributed by atoms with Gasteiger partial charge in [-0.1, -0.05) is 58.0 Å². The van der Waals surface area contributed by atoms with Crippen LogP contribution in [0.15, 0.2) is 48.4 Å². The average molecular weight is 440 g/mol. The van der Waals surface area contributed by atoms with Crippen molar-refractivity contribution < 1.29 is 4.79 Å². The molecule has 2 heterocycles. The molecule has 0 amide bonds. The van der Waals surface area contributed by atoms with E-state index in [2.05, 4.69) is 59.5 Å². The molecule has 2 aromatic heterocycles. The van der Waals surface area contributed by atoms with Gasteiger partial charge in [0.1, 0.15) is 5.82 Å². The van der Waals surface area contributed by atoms with Crippen molar-refractivity contribution in [2.24, 2.45) is 18.9 Å². The molecule has 5 rings (SSSR count). The van der Waals surface area contributed by atoms with Gasteiger partial charge in [0, 0.05) is 35.8 Å². The van der Waals surface area contributed by atoms with Crippen molar-refractivity contribution in [3.8, 4) is 17.1 Å². The standard InChI is InChI=1S/C27H29N5O/c1-16(2)18-7-9-19(10-8-18)26-30-25-23(32(26)20-14-29-31(6)15-20)12-11-21-17(3)24(33)22(28-5)13-27(21,25)4/h7-10,13-17,21H,11-12H2,1-4,6H3/t17-,21-,27-/m1/s1. The first-order chi connectivity index (χ1) is 15.7. The molecule has 6 nitrogen and oxygen atoms in total. The van der Waals surface area contributed by atoms with Crippen LogP contribution in [0.2, 0.25) is 0 Å². The lowest BCUT2D eigenvalue weighted by molar-refractivity contribution is -0.121. The zero-order valence-electron chi connectivity index (χ0n) is 19.8. The summed E-state index contributed by atoms with van der Waals surface area (Å²) >= 11 is 0. The van der Waals surface area contributed by atoms with Crippen LogP contribution in [0.4, 0.5) is 0 Å². The summed E-state index contributed by atoms with van der Waals surface area (Å²) in [6.45, 7) is 16.1. The van der Waals surface area contributed by atoms with Crippen LogP contribution in [0.25, 0.3) is 21.9 Å². The largest absolute Gasteiger partial charge is 0.308 e. The van der Waals surface area contributed by atoms with Crippen molar-refractivity contribution in [2.75, 3.05) is 0 Å². The van der Waals surface area contributed by atoms with Gasteiger partial charge in [0.05, 0.1) is 24.2 Å².